The number of piperidine rings is 1. The first-order chi connectivity index (χ1) is 13.8. The Morgan fingerprint density at radius 2 is 1.89 bits per heavy atom. The molecule has 2 aromatic heterocycles. The van der Waals surface area contributed by atoms with E-state index in [0.29, 0.717) is 5.92 Å². The Bertz CT molecular complexity index is 762. The number of hydrogen-bond acceptors (Lipinski definition) is 6. The van der Waals surface area contributed by atoms with Crippen LogP contribution < -0.4 is 0 Å². The molecule has 1 unspecified atom stereocenters. The molecule has 0 radical (unpaired) electrons. The molecule has 2 aromatic rings. The lowest BCUT2D eigenvalue weighted by atomic mass is 9.94. The summed E-state index contributed by atoms with van der Waals surface area (Å²) in [6.45, 7) is 8.87. The fourth-order valence-corrected chi connectivity index (χ4v) is 5.12. The summed E-state index contributed by atoms with van der Waals surface area (Å²) in [5.74, 6) is 1.58. The van der Waals surface area contributed by atoms with Gasteiger partial charge >= 0.3 is 0 Å². The number of aryl methyl sites for hydroxylation is 1. The molecular weight excluding hydrogens is 366 g/mol. The van der Waals surface area contributed by atoms with Gasteiger partial charge in [0.2, 0.25) is 0 Å². The fourth-order valence-electron chi connectivity index (χ4n) is 4.28. The number of likely N-dealkylation sites (tertiary alicyclic amines) is 2. The highest BCUT2D eigenvalue weighted by atomic mass is 32.2. The number of rotatable bonds is 7. The molecule has 0 N–H and O–H groups in total. The van der Waals surface area contributed by atoms with E-state index in [1.54, 1.807) is 11.8 Å². The van der Waals surface area contributed by atoms with E-state index < -0.39 is 0 Å². The number of aromatic nitrogens is 3. The predicted octanol–water partition coefficient (Wildman–Crippen LogP) is 3.75. The van der Waals surface area contributed by atoms with Gasteiger partial charge in [-0.1, -0.05) is 17.8 Å². The normalized spacial score (nSPS) is 21.2. The van der Waals surface area contributed by atoms with Crippen LogP contribution >= 0.6 is 11.8 Å². The van der Waals surface area contributed by atoms with Crippen molar-refractivity contribution in [1.29, 1.82) is 0 Å². The van der Waals surface area contributed by atoms with Crippen molar-refractivity contribution in [3.8, 4) is 0 Å². The molecule has 0 spiro atoms. The highest BCUT2D eigenvalue weighted by Gasteiger charge is 2.23. The van der Waals surface area contributed by atoms with Gasteiger partial charge in [-0.2, -0.15) is 0 Å². The van der Waals surface area contributed by atoms with Crippen LogP contribution in [-0.2, 0) is 6.54 Å². The van der Waals surface area contributed by atoms with Crippen molar-refractivity contribution < 1.29 is 0 Å². The SMILES string of the molecule is Cc1cccc(CN2CCCC(c3ccnc(SCCN4CCCC4)n3)C2)n1. The van der Waals surface area contributed by atoms with E-state index in [4.69, 9.17) is 4.98 Å². The predicted molar refractivity (Wildman–Crippen MR) is 115 cm³/mol. The Kier molecular flexibility index (Phi) is 6.94. The zero-order valence-electron chi connectivity index (χ0n) is 16.9. The van der Waals surface area contributed by atoms with Crippen LogP contribution in [0, 0.1) is 6.92 Å². The Hall–Kier alpha value is -1.50. The lowest BCUT2D eigenvalue weighted by molar-refractivity contribution is 0.196. The zero-order chi connectivity index (χ0) is 19.2. The van der Waals surface area contributed by atoms with Crippen LogP contribution in [0.3, 0.4) is 0 Å². The van der Waals surface area contributed by atoms with Crippen LogP contribution in [0.25, 0.3) is 0 Å². The van der Waals surface area contributed by atoms with Crippen molar-refractivity contribution in [3.63, 3.8) is 0 Å². The molecule has 5 nitrogen and oxygen atoms in total. The smallest absolute Gasteiger partial charge is 0.187 e. The Labute approximate surface area is 173 Å². The van der Waals surface area contributed by atoms with Crippen molar-refractivity contribution in [2.75, 3.05) is 38.5 Å². The summed E-state index contributed by atoms with van der Waals surface area (Å²) in [5, 5.41) is 0.939. The van der Waals surface area contributed by atoms with E-state index in [1.165, 1.54) is 50.2 Å². The first-order valence-electron chi connectivity index (χ1n) is 10.6. The van der Waals surface area contributed by atoms with Gasteiger partial charge in [-0.25, -0.2) is 9.97 Å². The van der Waals surface area contributed by atoms with Crippen LogP contribution in [0.15, 0.2) is 35.6 Å². The van der Waals surface area contributed by atoms with Gasteiger partial charge in [-0.3, -0.25) is 9.88 Å². The lowest BCUT2D eigenvalue weighted by Gasteiger charge is -2.32. The molecule has 1 atom stereocenters. The van der Waals surface area contributed by atoms with Gasteiger partial charge < -0.3 is 4.90 Å². The molecule has 28 heavy (non-hydrogen) atoms. The van der Waals surface area contributed by atoms with Gasteiger partial charge in [0.25, 0.3) is 0 Å². The molecule has 2 aliphatic heterocycles. The topological polar surface area (TPSA) is 45.2 Å². The summed E-state index contributed by atoms with van der Waals surface area (Å²) in [5.41, 5.74) is 3.47. The van der Waals surface area contributed by atoms with Crippen LogP contribution in [0.1, 0.15) is 48.7 Å². The van der Waals surface area contributed by atoms with Crippen molar-refractivity contribution in [1.82, 2.24) is 24.8 Å². The highest BCUT2D eigenvalue weighted by Crippen LogP contribution is 2.27. The third-order valence-corrected chi connectivity index (χ3v) is 6.59. The second-order valence-corrected chi connectivity index (χ2v) is 9.07. The summed E-state index contributed by atoms with van der Waals surface area (Å²) in [7, 11) is 0. The van der Waals surface area contributed by atoms with E-state index >= 15 is 0 Å². The van der Waals surface area contributed by atoms with Gasteiger partial charge in [0.05, 0.1) is 5.69 Å². The van der Waals surface area contributed by atoms with Crippen LogP contribution in [0.5, 0.6) is 0 Å². The summed E-state index contributed by atoms with van der Waals surface area (Å²) < 4.78 is 0. The number of hydrogen-bond donors (Lipinski definition) is 0. The third kappa shape index (κ3) is 5.52. The minimum Gasteiger partial charge on any atom is -0.303 e. The van der Waals surface area contributed by atoms with Crippen LogP contribution in [0.2, 0.25) is 0 Å². The molecule has 0 amide bonds. The molecule has 4 rings (SSSR count). The number of nitrogens with zero attached hydrogens (tertiary/aromatic N) is 5. The maximum absolute atomic E-state index is 4.91. The van der Waals surface area contributed by atoms with Gasteiger partial charge in [0, 0.05) is 48.9 Å². The molecule has 0 aromatic carbocycles. The van der Waals surface area contributed by atoms with Gasteiger partial charge in [0.1, 0.15) is 0 Å². The van der Waals surface area contributed by atoms with E-state index in [0.717, 1.165) is 42.8 Å². The second kappa shape index (κ2) is 9.81. The van der Waals surface area contributed by atoms with Crippen molar-refractivity contribution in [2.45, 2.75) is 50.2 Å². The molecule has 0 aliphatic carbocycles. The van der Waals surface area contributed by atoms with E-state index in [2.05, 4.69) is 51.0 Å². The number of pyridine rings is 1. The molecule has 6 heteroatoms. The molecule has 2 aliphatic rings. The Morgan fingerprint density at radius 3 is 2.75 bits per heavy atom. The summed E-state index contributed by atoms with van der Waals surface area (Å²) in [4.78, 5) is 19.2. The highest BCUT2D eigenvalue weighted by molar-refractivity contribution is 7.99. The summed E-state index contributed by atoms with van der Waals surface area (Å²) >= 11 is 1.80. The quantitative estimate of drug-likeness (QED) is 0.524. The first kappa shape index (κ1) is 19.8. The Balaban J connectivity index is 1.32. The van der Waals surface area contributed by atoms with E-state index in [9.17, 15) is 0 Å². The minimum atomic E-state index is 0.500. The molecule has 0 bridgehead atoms. The van der Waals surface area contributed by atoms with Crippen molar-refractivity contribution >= 4 is 11.8 Å². The minimum absolute atomic E-state index is 0.500. The average Bonchev–Trinajstić information content (AvgIpc) is 3.22. The van der Waals surface area contributed by atoms with Crippen molar-refractivity contribution in [2.24, 2.45) is 0 Å². The van der Waals surface area contributed by atoms with Gasteiger partial charge in [-0.15, -0.1) is 0 Å². The molecule has 2 fully saturated rings. The molecule has 4 heterocycles. The average molecular weight is 398 g/mol. The molecular formula is C22H31N5S. The van der Waals surface area contributed by atoms with Crippen LogP contribution in [-0.4, -0.2) is 63.2 Å². The largest absolute Gasteiger partial charge is 0.303 e. The standard InChI is InChI=1S/C22H31N5S/c1-18-6-4-8-20(24-18)17-27-13-5-7-19(16-27)21-9-10-23-22(25-21)28-15-14-26-11-2-3-12-26/h4,6,8-10,19H,2-3,5,7,11-17H2,1H3. The maximum Gasteiger partial charge on any atom is 0.187 e. The molecule has 150 valence electrons. The van der Waals surface area contributed by atoms with E-state index in [-0.39, 0.29) is 0 Å². The second-order valence-electron chi connectivity index (χ2n) is 8.01. The third-order valence-electron chi connectivity index (χ3n) is 5.75. The maximum atomic E-state index is 4.91. The van der Waals surface area contributed by atoms with Crippen molar-refractivity contribution in [3.05, 3.63) is 47.5 Å². The molecule has 2 saturated heterocycles. The van der Waals surface area contributed by atoms with E-state index in [1.807, 2.05) is 6.20 Å². The van der Waals surface area contributed by atoms with Gasteiger partial charge in [-0.05, 0) is 70.4 Å². The first-order valence-corrected chi connectivity index (χ1v) is 11.6. The number of thioether (sulfide) groups is 1. The monoisotopic (exact) mass is 397 g/mol. The Morgan fingerprint density at radius 1 is 1.04 bits per heavy atom. The molecule has 0 saturated carbocycles. The summed E-state index contributed by atoms with van der Waals surface area (Å²) in [6, 6.07) is 8.42. The lowest BCUT2D eigenvalue weighted by Crippen LogP contribution is -2.34. The summed E-state index contributed by atoms with van der Waals surface area (Å²) in [6.07, 6.45) is 7.09. The fraction of sp³-hybridized carbons (Fsp3) is 0.591. The zero-order valence-corrected chi connectivity index (χ0v) is 17.7. The van der Waals surface area contributed by atoms with Crippen LogP contribution in [0.4, 0.5) is 0 Å². The van der Waals surface area contributed by atoms with Gasteiger partial charge in [0.15, 0.2) is 5.16 Å².